The number of hydrogen-bond donors (Lipinski definition) is 1. The van der Waals surface area contributed by atoms with Gasteiger partial charge >= 0.3 is 0 Å². The van der Waals surface area contributed by atoms with Crippen molar-refractivity contribution in [2.75, 3.05) is 6.54 Å². The van der Waals surface area contributed by atoms with E-state index < -0.39 is 5.60 Å². The maximum absolute atomic E-state index is 13.1. The van der Waals surface area contributed by atoms with Crippen molar-refractivity contribution < 1.29 is 14.6 Å². The Morgan fingerprint density at radius 3 is 2.60 bits per heavy atom. The van der Waals surface area contributed by atoms with Crippen LogP contribution >= 0.6 is 0 Å². The quantitative estimate of drug-likeness (QED) is 0.910. The van der Waals surface area contributed by atoms with Gasteiger partial charge in [-0.15, -0.1) is 0 Å². The molecule has 1 N–H and O–H groups in total. The third kappa shape index (κ3) is 3.27. The molecule has 25 heavy (non-hydrogen) atoms. The van der Waals surface area contributed by atoms with Gasteiger partial charge in [0.25, 0.3) is 5.91 Å². The fourth-order valence-corrected chi connectivity index (χ4v) is 3.69. The van der Waals surface area contributed by atoms with Crippen LogP contribution in [0, 0.1) is 0 Å². The minimum Gasteiger partial charge on any atom is -0.488 e. The van der Waals surface area contributed by atoms with Gasteiger partial charge in [0.05, 0.1) is 17.2 Å². The van der Waals surface area contributed by atoms with Crippen LogP contribution < -0.4 is 4.74 Å². The number of amides is 1. The number of benzene rings is 2. The highest BCUT2D eigenvalue weighted by Gasteiger charge is 2.52. The smallest absolute Gasteiger partial charge is 0.257 e. The van der Waals surface area contributed by atoms with Crippen molar-refractivity contribution in [1.29, 1.82) is 0 Å². The summed E-state index contributed by atoms with van der Waals surface area (Å²) in [4.78, 5) is 14.9. The molecule has 1 aliphatic carbocycles. The van der Waals surface area contributed by atoms with Gasteiger partial charge in [0.2, 0.25) is 0 Å². The van der Waals surface area contributed by atoms with Crippen molar-refractivity contribution in [3.63, 3.8) is 0 Å². The predicted molar refractivity (Wildman–Crippen MR) is 95.5 cm³/mol. The van der Waals surface area contributed by atoms with Gasteiger partial charge in [-0.2, -0.15) is 0 Å². The third-order valence-electron chi connectivity index (χ3n) is 5.25. The Bertz CT molecular complexity index is 755. The second-order valence-corrected chi connectivity index (χ2v) is 7.03. The fourth-order valence-electron chi connectivity index (χ4n) is 3.69. The van der Waals surface area contributed by atoms with Gasteiger partial charge in [0.15, 0.2) is 0 Å². The minimum absolute atomic E-state index is 0.0357. The Morgan fingerprint density at radius 2 is 1.84 bits per heavy atom. The molecule has 1 unspecified atom stereocenters. The summed E-state index contributed by atoms with van der Waals surface area (Å²) in [5.74, 6) is 0.566. The summed E-state index contributed by atoms with van der Waals surface area (Å²) in [6, 6.07) is 17.3. The number of rotatable bonds is 5. The Balaban J connectivity index is 1.53. The Labute approximate surface area is 148 Å². The summed E-state index contributed by atoms with van der Waals surface area (Å²) in [5, 5.41) is 10.5. The first-order valence-corrected chi connectivity index (χ1v) is 8.96. The van der Waals surface area contributed by atoms with E-state index in [0.717, 1.165) is 31.2 Å². The standard InChI is InChI=1S/C21H23NO3/c23-20(22-14-6-11-19(22)21(24)12-13-21)17-9-4-5-10-18(17)25-15-16-7-2-1-3-8-16/h1-5,7-10,19,24H,6,11-15H2. The SMILES string of the molecule is O=C(c1ccccc1OCc1ccccc1)N1CCCC1C1(O)CC1. The number of carbonyl (C=O) groups excluding carboxylic acids is 1. The average molecular weight is 337 g/mol. The van der Waals surface area contributed by atoms with Gasteiger partial charge in [-0.25, -0.2) is 0 Å². The lowest BCUT2D eigenvalue weighted by Gasteiger charge is -2.29. The van der Waals surface area contributed by atoms with Crippen LogP contribution in [0.15, 0.2) is 54.6 Å². The van der Waals surface area contributed by atoms with Crippen molar-refractivity contribution >= 4 is 5.91 Å². The maximum atomic E-state index is 13.1. The predicted octanol–water partition coefficient (Wildman–Crippen LogP) is 3.40. The highest BCUT2D eigenvalue weighted by atomic mass is 16.5. The van der Waals surface area contributed by atoms with Crippen LogP contribution in [-0.4, -0.2) is 34.1 Å². The molecule has 4 rings (SSSR count). The Morgan fingerprint density at radius 1 is 1.12 bits per heavy atom. The van der Waals surface area contributed by atoms with E-state index in [0.29, 0.717) is 24.5 Å². The molecule has 1 amide bonds. The molecule has 1 saturated carbocycles. The molecule has 2 aromatic rings. The zero-order valence-corrected chi connectivity index (χ0v) is 14.2. The molecule has 2 aliphatic rings. The molecule has 2 fully saturated rings. The molecule has 0 aromatic heterocycles. The highest BCUT2D eigenvalue weighted by molar-refractivity contribution is 5.97. The zero-order valence-electron chi connectivity index (χ0n) is 14.2. The van der Waals surface area contributed by atoms with Gasteiger partial charge in [-0.05, 0) is 43.4 Å². The van der Waals surface area contributed by atoms with Crippen molar-refractivity contribution in [2.45, 2.75) is 43.9 Å². The molecule has 130 valence electrons. The topological polar surface area (TPSA) is 49.8 Å². The second-order valence-electron chi connectivity index (χ2n) is 7.03. The van der Waals surface area contributed by atoms with E-state index in [2.05, 4.69) is 0 Å². The fraction of sp³-hybridized carbons (Fsp3) is 0.381. The van der Waals surface area contributed by atoms with Crippen molar-refractivity contribution in [2.24, 2.45) is 0 Å². The number of likely N-dealkylation sites (tertiary alicyclic amines) is 1. The molecule has 1 heterocycles. The van der Waals surface area contributed by atoms with Gasteiger partial charge in [0, 0.05) is 6.54 Å². The molecule has 4 nitrogen and oxygen atoms in total. The largest absolute Gasteiger partial charge is 0.488 e. The number of ether oxygens (including phenoxy) is 1. The van der Waals surface area contributed by atoms with Crippen LogP contribution in [0.5, 0.6) is 5.75 Å². The van der Waals surface area contributed by atoms with E-state index >= 15 is 0 Å². The van der Waals surface area contributed by atoms with E-state index in [9.17, 15) is 9.90 Å². The van der Waals surface area contributed by atoms with Crippen LogP contribution in [0.1, 0.15) is 41.6 Å². The molecular formula is C21H23NO3. The van der Waals surface area contributed by atoms with E-state index in [1.54, 1.807) is 0 Å². The van der Waals surface area contributed by atoms with Gasteiger partial charge in [0.1, 0.15) is 12.4 Å². The summed E-state index contributed by atoms with van der Waals surface area (Å²) >= 11 is 0. The average Bonchev–Trinajstić information content (AvgIpc) is 3.20. The first-order valence-electron chi connectivity index (χ1n) is 8.96. The van der Waals surface area contributed by atoms with E-state index in [1.807, 2.05) is 59.5 Å². The number of para-hydroxylation sites is 1. The summed E-state index contributed by atoms with van der Waals surface area (Å²) < 4.78 is 5.93. The van der Waals surface area contributed by atoms with Gasteiger partial charge < -0.3 is 14.7 Å². The molecule has 2 aromatic carbocycles. The molecule has 0 radical (unpaired) electrons. The van der Waals surface area contributed by atoms with Crippen molar-refractivity contribution in [3.8, 4) is 5.75 Å². The molecule has 0 bridgehead atoms. The monoisotopic (exact) mass is 337 g/mol. The highest BCUT2D eigenvalue weighted by Crippen LogP contribution is 2.45. The van der Waals surface area contributed by atoms with E-state index in [4.69, 9.17) is 4.74 Å². The van der Waals surface area contributed by atoms with Crippen LogP contribution in [0.25, 0.3) is 0 Å². The second kappa shape index (κ2) is 6.52. The zero-order chi connectivity index (χ0) is 17.3. The van der Waals surface area contributed by atoms with Gasteiger partial charge in [-0.3, -0.25) is 4.79 Å². The molecule has 4 heteroatoms. The first kappa shape index (κ1) is 16.2. The summed E-state index contributed by atoms with van der Waals surface area (Å²) in [6.07, 6.45) is 3.43. The Hall–Kier alpha value is -2.33. The van der Waals surface area contributed by atoms with Crippen LogP contribution in [-0.2, 0) is 6.61 Å². The van der Waals surface area contributed by atoms with E-state index in [1.165, 1.54) is 0 Å². The van der Waals surface area contributed by atoms with Crippen LogP contribution in [0.3, 0.4) is 0 Å². The number of nitrogens with zero attached hydrogens (tertiary/aromatic N) is 1. The van der Waals surface area contributed by atoms with Crippen molar-refractivity contribution in [3.05, 3.63) is 65.7 Å². The summed E-state index contributed by atoms with van der Waals surface area (Å²) in [5.41, 5.74) is 0.983. The van der Waals surface area contributed by atoms with Gasteiger partial charge in [-0.1, -0.05) is 42.5 Å². The molecular weight excluding hydrogens is 314 g/mol. The summed E-state index contributed by atoms with van der Waals surface area (Å²) in [6.45, 7) is 1.14. The molecule has 0 spiro atoms. The third-order valence-corrected chi connectivity index (χ3v) is 5.25. The molecule has 1 aliphatic heterocycles. The number of hydrogen-bond acceptors (Lipinski definition) is 3. The maximum Gasteiger partial charge on any atom is 0.257 e. The number of aliphatic hydroxyl groups is 1. The lowest BCUT2D eigenvalue weighted by Crippen LogP contribution is -2.44. The van der Waals surface area contributed by atoms with Crippen molar-refractivity contribution in [1.82, 2.24) is 4.90 Å². The first-order chi connectivity index (χ1) is 12.2. The summed E-state index contributed by atoms with van der Waals surface area (Å²) in [7, 11) is 0. The molecule has 1 atom stereocenters. The number of carbonyl (C=O) groups is 1. The van der Waals surface area contributed by atoms with Crippen LogP contribution in [0.2, 0.25) is 0 Å². The Kier molecular flexibility index (Phi) is 4.22. The lowest BCUT2D eigenvalue weighted by atomic mass is 10.1. The lowest BCUT2D eigenvalue weighted by molar-refractivity contribution is 0.0383. The minimum atomic E-state index is -0.661. The molecule has 1 saturated heterocycles. The van der Waals surface area contributed by atoms with E-state index in [-0.39, 0.29) is 11.9 Å². The normalized spacial score (nSPS) is 21.2. The van der Waals surface area contributed by atoms with Crippen LogP contribution in [0.4, 0.5) is 0 Å².